The highest BCUT2D eigenvalue weighted by Gasteiger charge is 2.21. The highest BCUT2D eigenvalue weighted by atomic mass is 32.2. The molecule has 0 bridgehead atoms. The maximum absolute atomic E-state index is 2.36. The van der Waals surface area contributed by atoms with E-state index >= 15 is 0 Å². The van der Waals surface area contributed by atoms with E-state index < -0.39 is 0 Å². The van der Waals surface area contributed by atoms with Crippen molar-refractivity contribution in [3.05, 3.63) is 33.8 Å². The Morgan fingerprint density at radius 3 is 2.67 bits per heavy atom. The Morgan fingerprint density at radius 1 is 1.33 bits per heavy atom. The lowest BCUT2D eigenvalue weighted by Crippen LogP contribution is -1.87. The standard InChI is InChI=1S/C11H14S/c1-7(2)9-4-10-8(3)6-12-11(10)5-9/h4-5,7H,6H2,1-3H3. The highest BCUT2D eigenvalue weighted by Crippen LogP contribution is 2.42. The van der Waals surface area contributed by atoms with Gasteiger partial charge >= 0.3 is 0 Å². The maximum atomic E-state index is 2.36. The number of hydrogen-bond acceptors (Lipinski definition) is 1. The molecule has 0 nitrogen and oxygen atoms in total. The van der Waals surface area contributed by atoms with Crippen molar-refractivity contribution in [3.8, 4) is 0 Å². The normalized spacial score (nSPS) is 21.7. The molecule has 0 N–H and O–H groups in total. The highest BCUT2D eigenvalue weighted by molar-refractivity contribution is 8.03. The summed E-state index contributed by atoms with van der Waals surface area (Å²) in [4.78, 5) is 1.50. The van der Waals surface area contributed by atoms with Crippen molar-refractivity contribution in [1.82, 2.24) is 0 Å². The molecule has 12 heavy (non-hydrogen) atoms. The maximum Gasteiger partial charge on any atom is 0.0197 e. The van der Waals surface area contributed by atoms with Crippen LogP contribution in [0.1, 0.15) is 20.8 Å². The van der Waals surface area contributed by atoms with E-state index in [9.17, 15) is 0 Å². The monoisotopic (exact) mass is 178 g/mol. The van der Waals surface area contributed by atoms with Crippen LogP contribution in [0, 0.1) is 5.92 Å². The van der Waals surface area contributed by atoms with Gasteiger partial charge in [0.25, 0.3) is 0 Å². The Balaban J connectivity index is 2.37. The number of rotatable bonds is 1. The number of thioether (sulfide) groups is 1. The summed E-state index contributed by atoms with van der Waals surface area (Å²) in [5.41, 5.74) is 4.54. The van der Waals surface area contributed by atoms with Crippen LogP contribution in [0.4, 0.5) is 0 Å². The second-order valence-electron chi connectivity index (χ2n) is 3.79. The Bertz CT molecular complexity index is 303. The van der Waals surface area contributed by atoms with E-state index in [-0.39, 0.29) is 0 Å². The first-order valence-corrected chi connectivity index (χ1v) is 5.43. The SMILES string of the molecule is CC1=C2C=C(C(C)C)C=C2SC1. The van der Waals surface area contributed by atoms with Gasteiger partial charge in [-0.3, -0.25) is 0 Å². The third kappa shape index (κ3) is 1.16. The molecule has 0 unspecified atom stereocenters. The van der Waals surface area contributed by atoms with E-state index in [4.69, 9.17) is 0 Å². The first-order valence-electron chi connectivity index (χ1n) is 4.44. The van der Waals surface area contributed by atoms with Crippen molar-refractivity contribution in [1.29, 1.82) is 0 Å². The van der Waals surface area contributed by atoms with Crippen LogP contribution in [0.5, 0.6) is 0 Å². The fourth-order valence-corrected chi connectivity index (χ4v) is 2.69. The fraction of sp³-hybridized carbons (Fsp3) is 0.455. The lowest BCUT2D eigenvalue weighted by atomic mass is 10.0. The summed E-state index contributed by atoms with van der Waals surface area (Å²) in [5.74, 6) is 1.87. The molecule has 1 heterocycles. The predicted molar refractivity (Wildman–Crippen MR) is 56.2 cm³/mol. The molecule has 1 heteroatoms. The molecule has 0 saturated carbocycles. The Morgan fingerprint density at radius 2 is 2.08 bits per heavy atom. The first-order chi connectivity index (χ1) is 5.68. The lowest BCUT2D eigenvalue weighted by Gasteiger charge is -2.01. The Kier molecular flexibility index (Phi) is 1.91. The minimum absolute atomic E-state index is 0.670. The molecule has 0 amide bonds. The number of fused-ring (bicyclic) bond motifs is 1. The van der Waals surface area contributed by atoms with Crippen LogP contribution in [-0.2, 0) is 0 Å². The van der Waals surface area contributed by atoms with Gasteiger partial charge in [0.1, 0.15) is 0 Å². The molecule has 2 aliphatic rings. The van der Waals surface area contributed by atoms with Gasteiger partial charge in [0.15, 0.2) is 0 Å². The van der Waals surface area contributed by atoms with E-state index in [0.717, 1.165) is 0 Å². The average Bonchev–Trinajstić information content (AvgIpc) is 2.53. The molecule has 0 saturated heterocycles. The van der Waals surface area contributed by atoms with Gasteiger partial charge in [-0.15, -0.1) is 11.8 Å². The third-order valence-electron chi connectivity index (χ3n) is 2.44. The van der Waals surface area contributed by atoms with E-state index in [0.29, 0.717) is 5.92 Å². The summed E-state index contributed by atoms with van der Waals surface area (Å²) in [6.45, 7) is 6.75. The van der Waals surface area contributed by atoms with Crippen LogP contribution < -0.4 is 0 Å². The van der Waals surface area contributed by atoms with E-state index in [1.807, 2.05) is 11.8 Å². The van der Waals surface area contributed by atoms with Gasteiger partial charge in [-0.25, -0.2) is 0 Å². The van der Waals surface area contributed by atoms with Crippen LogP contribution in [0.15, 0.2) is 33.8 Å². The van der Waals surface area contributed by atoms with Gasteiger partial charge in [0.05, 0.1) is 0 Å². The topological polar surface area (TPSA) is 0 Å². The Hall–Kier alpha value is -0.430. The predicted octanol–water partition coefficient (Wildman–Crippen LogP) is 3.53. The molecule has 0 aromatic rings. The number of hydrogen-bond donors (Lipinski definition) is 0. The van der Waals surface area contributed by atoms with Crippen molar-refractivity contribution < 1.29 is 0 Å². The molecule has 64 valence electrons. The van der Waals surface area contributed by atoms with Gasteiger partial charge in [-0.2, -0.15) is 0 Å². The molecule has 0 atom stereocenters. The third-order valence-corrected chi connectivity index (χ3v) is 3.67. The minimum atomic E-state index is 0.670. The summed E-state index contributed by atoms with van der Waals surface area (Å²) in [7, 11) is 0. The lowest BCUT2D eigenvalue weighted by molar-refractivity contribution is 0.794. The second kappa shape index (κ2) is 2.81. The van der Waals surface area contributed by atoms with Crippen LogP contribution in [-0.4, -0.2) is 5.75 Å². The average molecular weight is 178 g/mol. The van der Waals surface area contributed by atoms with E-state index in [1.165, 1.54) is 21.8 Å². The van der Waals surface area contributed by atoms with E-state index in [2.05, 4.69) is 32.9 Å². The summed E-state index contributed by atoms with van der Waals surface area (Å²) in [6.07, 6.45) is 4.70. The molecule has 0 fully saturated rings. The van der Waals surface area contributed by atoms with Crippen molar-refractivity contribution in [2.75, 3.05) is 5.75 Å². The zero-order valence-corrected chi connectivity index (χ0v) is 8.66. The second-order valence-corrected chi connectivity index (χ2v) is 4.81. The molecular formula is C11H14S. The smallest absolute Gasteiger partial charge is 0.0197 e. The molecule has 0 spiro atoms. The van der Waals surface area contributed by atoms with Crippen molar-refractivity contribution in [3.63, 3.8) is 0 Å². The van der Waals surface area contributed by atoms with Gasteiger partial charge in [-0.1, -0.05) is 25.5 Å². The minimum Gasteiger partial charge on any atom is -0.121 e. The van der Waals surface area contributed by atoms with Crippen LogP contribution in [0.2, 0.25) is 0 Å². The van der Waals surface area contributed by atoms with Crippen molar-refractivity contribution in [2.24, 2.45) is 5.92 Å². The van der Waals surface area contributed by atoms with Gasteiger partial charge in [-0.05, 0) is 30.1 Å². The van der Waals surface area contributed by atoms with Gasteiger partial charge < -0.3 is 0 Å². The summed E-state index contributed by atoms with van der Waals surface area (Å²) < 4.78 is 0. The van der Waals surface area contributed by atoms with Gasteiger partial charge in [0.2, 0.25) is 0 Å². The summed E-state index contributed by atoms with van der Waals surface area (Å²) in [5, 5.41) is 0. The molecule has 0 aromatic carbocycles. The Labute approximate surface area is 78.4 Å². The summed E-state index contributed by atoms with van der Waals surface area (Å²) in [6, 6.07) is 0. The zero-order valence-electron chi connectivity index (χ0n) is 7.85. The molecule has 0 radical (unpaired) electrons. The quantitative estimate of drug-likeness (QED) is 0.592. The molecular weight excluding hydrogens is 164 g/mol. The van der Waals surface area contributed by atoms with Crippen LogP contribution >= 0.6 is 11.8 Å². The molecule has 2 rings (SSSR count). The van der Waals surface area contributed by atoms with E-state index in [1.54, 1.807) is 5.57 Å². The van der Waals surface area contributed by atoms with Crippen molar-refractivity contribution >= 4 is 11.8 Å². The summed E-state index contributed by atoms with van der Waals surface area (Å²) >= 11 is 1.98. The number of allylic oxidation sites excluding steroid dienone is 4. The molecule has 1 aliphatic heterocycles. The zero-order chi connectivity index (χ0) is 8.72. The largest absolute Gasteiger partial charge is 0.121 e. The first kappa shape index (κ1) is 8.18. The molecule has 1 aliphatic carbocycles. The molecule has 0 aromatic heterocycles. The van der Waals surface area contributed by atoms with Gasteiger partial charge in [0, 0.05) is 10.7 Å². The van der Waals surface area contributed by atoms with Crippen molar-refractivity contribution in [2.45, 2.75) is 20.8 Å². The fourth-order valence-electron chi connectivity index (χ4n) is 1.56. The van der Waals surface area contributed by atoms with Crippen LogP contribution in [0.25, 0.3) is 0 Å². The van der Waals surface area contributed by atoms with Crippen LogP contribution in [0.3, 0.4) is 0 Å².